The molecule has 0 fully saturated rings. The van der Waals surface area contributed by atoms with Gasteiger partial charge in [0, 0.05) is 30.8 Å². The summed E-state index contributed by atoms with van der Waals surface area (Å²) in [5, 5.41) is 4.86. The van der Waals surface area contributed by atoms with Gasteiger partial charge in [0.2, 0.25) is 0 Å². The quantitative estimate of drug-likeness (QED) is 0.705. The van der Waals surface area contributed by atoms with Crippen LogP contribution in [0, 0.1) is 0 Å². The summed E-state index contributed by atoms with van der Waals surface area (Å²) in [5.74, 6) is 0. The van der Waals surface area contributed by atoms with E-state index in [4.69, 9.17) is 4.74 Å². The maximum Gasteiger partial charge on any atom is 0.0702 e. The lowest BCUT2D eigenvalue weighted by atomic mass is 10.00. The van der Waals surface area contributed by atoms with E-state index in [2.05, 4.69) is 41.5 Å². The van der Waals surface area contributed by atoms with Gasteiger partial charge < -0.3 is 10.1 Å². The number of rotatable bonds is 9. The summed E-state index contributed by atoms with van der Waals surface area (Å²) in [5.41, 5.74) is 2.41. The molecule has 1 unspecified atom stereocenters. The van der Waals surface area contributed by atoms with E-state index in [1.807, 2.05) is 19.2 Å². The van der Waals surface area contributed by atoms with Crippen LogP contribution in [0.3, 0.4) is 0 Å². The summed E-state index contributed by atoms with van der Waals surface area (Å²) in [6.07, 6.45) is 5.18. The van der Waals surface area contributed by atoms with Crippen molar-refractivity contribution < 1.29 is 4.74 Å². The van der Waals surface area contributed by atoms with Gasteiger partial charge in [-0.3, -0.25) is 4.98 Å². The molecule has 0 saturated carbocycles. The molecular weight excluding hydrogens is 260 g/mol. The maximum atomic E-state index is 5.46. The Labute approximate surface area is 127 Å². The molecule has 21 heavy (non-hydrogen) atoms. The Morgan fingerprint density at radius 1 is 1.24 bits per heavy atom. The van der Waals surface area contributed by atoms with Gasteiger partial charge in [-0.25, -0.2) is 0 Å². The third-order valence-electron chi connectivity index (χ3n) is 3.66. The van der Waals surface area contributed by atoms with Crippen LogP contribution in [0.2, 0.25) is 0 Å². The maximum absolute atomic E-state index is 5.46. The first-order valence-electron chi connectivity index (χ1n) is 8.01. The molecule has 3 heteroatoms. The third kappa shape index (κ3) is 4.80. The van der Waals surface area contributed by atoms with E-state index in [0.717, 1.165) is 44.5 Å². The monoisotopic (exact) mass is 286 g/mol. The number of fused-ring (bicyclic) bond motifs is 1. The van der Waals surface area contributed by atoms with Crippen molar-refractivity contribution in [2.24, 2.45) is 0 Å². The molecule has 3 nitrogen and oxygen atoms in total. The van der Waals surface area contributed by atoms with E-state index in [9.17, 15) is 0 Å². The molecular formula is C18H26N2O. The summed E-state index contributed by atoms with van der Waals surface area (Å²) in [7, 11) is 0. The molecule has 0 aliphatic rings. The Balaban J connectivity index is 2.08. The second kappa shape index (κ2) is 8.75. The standard InChI is InChI=1S/C18H26N2O/c1-3-11-19-17(8-6-13-21-4-2)16-9-10-18-15(14-16)7-5-12-20-18/h5,7,9-10,12,14,17,19H,3-4,6,8,11,13H2,1-2H3. The number of pyridine rings is 1. The lowest BCUT2D eigenvalue weighted by Gasteiger charge is -2.19. The highest BCUT2D eigenvalue weighted by Gasteiger charge is 2.11. The summed E-state index contributed by atoms with van der Waals surface area (Å²) in [6, 6.07) is 11.1. The lowest BCUT2D eigenvalue weighted by Crippen LogP contribution is -2.22. The number of hydrogen-bond donors (Lipinski definition) is 1. The average Bonchev–Trinajstić information content (AvgIpc) is 2.54. The molecule has 0 amide bonds. The zero-order chi connectivity index (χ0) is 14.9. The van der Waals surface area contributed by atoms with Gasteiger partial charge in [-0.05, 0) is 56.5 Å². The van der Waals surface area contributed by atoms with Gasteiger partial charge in [-0.1, -0.05) is 19.1 Å². The predicted octanol–water partition coefficient (Wildman–Crippen LogP) is 4.09. The molecule has 1 atom stereocenters. The molecule has 114 valence electrons. The summed E-state index contributed by atoms with van der Waals surface area (Å²) < 4.78 is 5.46. The van der Waals surface area contributed by atoms with Crippen molar-refractivity contribution in [2.45, 2.75) is 39.2 Å². The average molecular weight is 286 g/mol. The van der Waals surface area contributed by atoms with Crippen LogP contribution in [-0.4, -0.2) is 24.7 Å². The summed E-state index contributed by atoms with van der Waals surface area (Å²) in [4.78, 5) is 4.39. The van der Waals surface area contributed by atoms with E-state index in [0.29, 0.717) is 6.04 Å². The van der Waals surface area contributed by atoms with Gasteiger partial charge in [0.05, 0.1) is 5.52 Å². The van der Waals surface area contributed by atoms with Crippen LogP contribution < -0.4 is 5.32 Å². The molecule has 2 aromatic rings. The number of nitrogens with zero attached hydrogens (tertiary/aromatic N) is 1. The van der Waals surface area contributed by atoms with Crippen LogP contribution in [0.4, 0.5) is 0 Å². The fourth-order valence-corrected chi connectivity index (χ4v) is 2.55. The molecule has 1 N–H and O–H groups in total. The van der Waals surface area contributed by atoms with Gasteiger partial charge in [0.25, 0.3) is 0 Å². The fourth-order valence-electron chi connectivity index (χ4n) is 2.55. The number of aromatic nitrogens is 1. The predicted molar refractivity (Wildman–Crippen MR) is 88.5 cm³/mol. The highest BCUT2D eigenvalue weighted by Crippen LogP contribution is 2.22. The second-order valence-electron chi connectivity index (χ2n) is 5.30. The van der Waals surface area contributed by atoms with Crippen LogP contribution in [0.5, 0.6) is 0 Å². The Morgan fingerprint density at radius 2 is 2.14 bits per heavy atom. The SMILES string of the molecule is CCCNC(CCCOCC)c1ccc2ncccc2c1. The fraction of sp³-hybridized carbons (Fsp3) is 0.500. The lowest BCUT2D eigenvalue weighted by molar-refractivity contribution is 0.141. The van der Waals surface area contributed by atoms with Gasteiger partial charge in [0.15, 0.2) is 0 Å². The van der Waals surface area contributed by atoms with Gasteiger partial charge in [-0.15, -0.1) is 0 Å². The van der Waals surface area contributed by atoms with Crippen molar-refractivity contribution in [1.29, 1.82) is 0 Å². The molecule has 2 rings (SSSR count). The Hall–Kier alpha value is -1.45. The van der Waals surface area contributed by atoms with Crippen molar-refractivity contribution in [3.63, 3.8) is 0 Å². The molecule has 0 bridgehead atoms. The minimum Gasteiger partial charge on any atom is -0.382 e. The van der Waals surface area contributed by atoms with Gasteiger partial charge in [-0.2, -0.15) is 0 Å². The molecule has 0 aliphatic heterocycles. The molecule has 1 aromatic heterocycles. The van der Waals surface area contributed by atoms with Crippen molar-refractivity contribution >= 4 is 10.9 Å². The number of nitrogens with one attached hydrogen (secondary N) is 1. The van der Waals surface area contributed by atoms with Crippen molar-refractivity contribution in [3.8, 4) is 0 Å². The first kappa shape index (κ1) is 15.9. The first-order valence-corrected chi connectivity index (χ1v) is 8.01. The number of benzene rings is 1. The van der Waals surface area contributed by atoms with Crippen molar-refractivity contribution in [2.75, 3.05) is 19.8 Å². The van der Waals surface area contributed by atoms with E-state index >= 15 is 0 Å². The summed E-state index contributed by atoms with van der Waals surface area (Å²) >= 11 is 0. The second-order valence-corrected chi connectivity index (χ2v) is 5.30. The van der Waals surface area contributed by atoms with E-state index in [1.54, 1.807) is 0 Å². The topological polar surface area (TPSA) is 34.1 Å². The van der Waals surface area contributed by atoms with Crippen LogP contribution in [0.1, 0.15) is 44.7 Å². The van der Waals surface area contributed by atoms with E-state index in [1.165, 1.54) is 10.9 Å². The molecule has 0 spiro atoms. The van der Waals surface area contributed by atoms with Crippen molar-refractivity contribution in [1.82, 2.24) is 10.3 Å². The molecule has 0 saturated heterocycles. The Morgan fingerprint density at radius 3 is 2.95 bits per heavy atom. The smallest absolute Gasteiger partial charge is 0.0702 e. The highest BCUT2D eigenvalue weighted by atomic mass is 16.5. The van der Waals surface area contributed by atoms with Gasteiger partial charge >= 0.3 is 0 Å². The highest BCUT2D eigenvalue weighted by molar-refractivity contribution is 5.79. The largest absolute Gasteiger partial charge is 0.382 e. The molecule has 0 aliphatic carbocycles. The van der Waals surface area contributed by atoms with Crippen molar-refractivity contribution in [3.05, 3.63) is 42.1 Å². The zero-order valence-electron chi connectivity index (χ0n) is 13.1. The minimum atomic E-state index is 0.398. The summed E-state index contributed by atoms with van der Waals surface area (Å²) in [6.45, 7) is 6.94. The van der Waals surface area contributed by atoms with Gasteiger partial charge in [0.1, 0.15) is 0 Å². The van der Waals surface area contributed by atoms with E-state index < -0.39 is 0 Å². The normalized spacial score (nSPS) is 12.7. The molecule has 1 aromatic carbocycles. The Bertz CT molecular complexity index is 541. The minimum absolute atomic E-state index is 0.398. The van der Waals surface area contributed by atoms with E-state index in [-0.39, 0.29) is 0 Å². The van der Waals surface area contributed by atoms with Crippen LogP contribution >= 0.6 is 0 Å². The van der Waals surface area contributed by atoms with Crippen LogP contribution in [0.15, 0.2) is 36.5 Å². The van der Waals surface area contributed by atoms with Crippen LogP contribution in [-0.2, 0) is 4.74 Å². The molecule has 0 radical (unpaired) electrons. The molecule has 1 heterocycles. The first-order chi connectivity index (χ1) is 10.3. The Kier molecular flexibility index (Phi) is 6.64. The third-order valence-corrected chi connectivity index (χ3v) is 3.66. The number of ether oxygens (including phenoxy) is 1. The van der Waals surface area contributed by atoms with Crippen LogP contribution in [0.25, 0.3) is 10.9 Å². The number of hydrogen-bond acceptors (Lipinski definition) is 3. The zero-order valence-corrected chi connectivity index (χ0v) is 13.1.